The van der Waals surface area contributed by atoms with Gasteiger partial charge >= 0.3 is 0 Å². The van der Waals surface area contributed by atoms with Crippen LogP contribution in [0.4, 0.5) is 0 Å². The maximum Gasteiger partial charge on any atom is 0.222 e. The van der Waals surface area contributed by atoms with E-state index in [1.165, 1.54) is 11.8 Å². The van der Waals surface area contributed by atoms with E-state index in [2.05, 4.69) is 0 Å². The number of rotatable bonds is 3. The molecule has 3 heterocycles. The Bertz CT molecular complexity index is 501. The normalized spacial score (nSPS) is 44.2. The molecule has 0 aromatic carbocycles. The number of thioether (sulfide) groups is 1. The molecule has 7 atom stereocenters. The van der Waals surface area contributed by atoms with Gasteiger partial charge in [-0.2, -0.15) is 0 Å². The van der Waals surface area contributed by atoms with Gasteiger partial charge in [0.2, 0.25) is 5.79 Å². The van der Waals surface area contributed by atoms with Crippen molar-refractivity contribution in [2.45, 2.75) is 48.8 Å². The summed E-state index contributed by atoms with van der Waals surface area (Å²) in [6.45, 7) is -0.839. The highest BCUT2D eigenvalue weighted by Gasteiger charge is 2.53. The van der Waals surface area contributed by atoms with E-state index in [0.29, 0.717) is 4.91 Å². The lowest BCUT2D eigenvalue weighted by Crippen LogP contribution is -2.62. The summed E-state index contributed by atoms with van der Waals surface area (Å²) in [5, 5.41) is 58.6. The molecule has 0 amide bonds. The van der Waals surface area contributed by atoms with Crippen LogP contribution in [0.5, 0.6) is 0 Å². The molecular weight excluding hydrogens is 344 g/mol. The second-order valence-corrected chi connectivity index (χ2v) is 7.23. The van der Waals surface area contributed by atoms with Crippen molar-refractivity contribution in [2.75, 3.05) is 25.6 Å². The zero-order valence-electron chi connectivity index (χ0n) is 12.8. The minimum Gasteiger partial charge on any atom is -0.462 e. The summed E-state index contributed by atoms with van der Waals surface area (Å²) >= 11 is 1.32. The van der Waals surface area contributed by atoms with Gasteiger partial charge in [-0.15, -0.1) is 11.8 Å². The number of aliphatic hydroxyl groups is 6. The molecular formula is C14H22O9S. The molecule has 6 N–H and O–H groups in total. The Labute approximate surface area is 142 Å². The molecule has 0 bridgehead atoms. The molecule has 0 aliphatic carbocycles. The maximum atomic E-state index is 10.3. The van der Waals surface area contributed by atoms with Crippen LogP contribution < -0.4 is 0 Å². The zero-order valence-corrected chi connectivity index (χ0v) is 13.6. The first kappa shape index (κ1) is 18.4. The topological polar surface area (TPSA) is 149 Å². The molecule has 138 valence electrons. The summed E-state index contributed by atoms with van der Waals surface area (Å²) in [7, 11) is 0. The van der Waals surface area contributed by atoms with Crippen LogP contribution in [0, 0.1) is 0 Å². The lowest BCUT2D eigenvalue weighted by atomic mass is 9.93. The van der Waals surface area contributed by atoms with Gasteiger partial charge < -0.3 is 44.8 Å². The third kappa shape index (κ3) is 3.18. The third-order valence-electron chi connectivity index (χ3n) is 4.43. The van der Waals surface area contributed by atoms with E-state index in [-0.39, 0.29) is 31.1 Å². The smallest absolute Gasteiger partial charge is 0.222 e. The minimum absolute atomic E-state index is 0.0655. The summed E-state index contributed by atoms with van der Waals surface area (Å²) in [6, 6.07) is 0. The van der Waals surface area contributed by atoms with E-state index in [9.17, 15) is 25.5 Å². The Morgan fingerprint density at radius 1 is 1.25 bits per heavy atom. The van der Waals surface area contributed by atoms with Gasteiger partial charge in [-0.05, 0) is 0 Å². The predicted octanol–water partition coefficient (Wildman–Crippen LogP) is -2.73. The average Bonchev–Trinajstić information content (AvgIpc) is 2.58. The van der Waals surface area contributed by atoms with Crippen LogP contribution in [0.1, 0.15) is 6.42 Å². The molecule has 1 spiro atoms. The molecule has 3 aliphatic rings. The van der Waals surface area contributed by atoms with Crippen molar-refractivity contribution in [1.82, 2.24) is 0 Å². The molecule has 0 saturated carbocycles. The quantitative estimate of drug-likeness (QED) is 0.311. The van der Waals surface area contributed by atoms with Crippen LogP contribution in [0.15, 0.2) is 10.7 Å². The fourth-order valence-electron chi connectivity index (χ4n) is 3.08. The van der Waals surface area contributed by atoms with E-state index in [4.69, 9.17) is 19.3 Å². The maximum absolute atomic E-state index is 10.3. The van der Waals surface area contributed by atoms with Crippen molar-refractivity contribution < 1.29 is 44.8 Å². The highest BCUT2D eigenvalue weighted by molar-refractivity contribution is 8.03. The van der Waals surface area contributed by atoms with Gasteiger partial charge in [-0.1, -0.05) is 0 Å². The standard InChI is InChI=1S/C14H22O9S/c15-2-7(18)12-10(19)6(17)1-14(22-12)5-24-9-4-21-8(3-16)11(20)13(9)23-14/h6-8,10-12,15-20H,1-5H2/t6?,7-,8?,10?,11?,12-,14+/m1/s1. The Morgan fingerprint density at radius 2 is 2.00 bits per heavy atom. The first-order valence-corrected chi connectivity index (χ1v) is 8.67. The van der Waals surface area contributed by atoms with Crippen molar-refractivity contribution in [3.63, 3.8) is 0 Å². The molecule has 0 radical (unpaired) electrons. The van der Waals surface area contributed by atoms with E-state index in [1.54, 1.807) is 0 Å². The minimum atomic E-state index is -1.39. The second-order valence-electron chi connectivity index (χ2n) is 6.16. The Balaban J connectivity index is 1.83. The summed E-state index contributed by atoms with van der Waals surface area (Å²) < 4.78 is 16.9. The molecule has 1 saturated heterocycles. The van der Waals surface area contributed by atoms with E-state index in [0.717, 1.165) is 0 Å². The third-order valence-corrected chi connectivity index (χ3v) is 5.69. The van der Waals surface area contributed by atoms with Crippen LogP contribution in [0.3, 0.4) is 0 Å². The Morgan fingerprint density at radius 3 is 2.67 bits per heavy atom. The van der Waals surface area contributed by atoms with Crippen LogP contribution in [0.2, 0.25) is 0 Å². The van der Waals surface area contributed by atoms with Gasteiger partial charge in [0.1, 0.15) is 36.3 Å². The molecule has 1 fully saturated rings. The van der Waals surface area contributed by atoms with Crippen LogP contribution in [-0.2, 0) is 14.2 Å². The molecule has 4 unspecified atom stereocenters. The largest absolute Gasteiger partial charge is 0.462 e. The number of hydrogen-bond acceptors (Lipinski definition) is 10. The van der Waals surface area contributed by atoms with Crippen molar-refractivity contribution in [3.05, 3.63) is 10.7 Å². The molecule has 10 heteroatoms. The summed E-state index contributed by atoms with van der Waals surface area (Å²) in [4.78, 5) is 0.668. The van der Waals surface area contributed by atoms with E-state index < -0.39 is 49.0 Å². The first-order chi connectivity index (χ1) is 11.4. The average molecular weight is 366 g/mol. The van der Waals surface area contributed by atoms with Gasteiger partial charge in [0, 0.05) is 6.42 Å². The SMILES string of the molecule is OCC1OCC2=C(O[C@]3(CS2)CC(O)C(O)[C@@H]([C@H](O)CO)O3)C1O. The van der Waals surface area contributed by atoms with Gasteiger partial charge in [0.25, 0.3) is 0 Å². The monoisotopic (exact) mass is 366 g/mol. The van der Waals surface area contributed by atoms with Gasteiger partial charge in [-0.3, -0.25) is 0 Å². The van der Waals surface area contributed by atoms with Gasteiger partial charge in [0.05, 0.1) is 36.6 Å². The highest BCUT2D eigenvalue weighted by atomic mass is 32.2. The summed E-state index contributed by atoms with van der Waals surface area (Å²) in [5.74, 6) is -0.900. The number of hydrogen-bond donors (Lipinski definition) is 6. The number of aliphatic hydroxyl groups excluding tert-OH is 6. The fourth-order valence-corrected chi connectivity index (χ4v) is 4.18. The van der Waals surface area contributed by atoms with Gasteiger partial charge in [0.15, 0.2) is 0 Å². The molecule has 9 nitrogen and oxygen atoms in total. The van der Waals surface area contributed by atoms with Crippen molar-refractivity contribution in [2.24, 2.45) is 0 Å². The Hall–Kier alpha value is -0.430. The van der Waals surface area contributed by atoms with Gasteiger partial charge in [-0.25, -0.2) is 0 Å². The fraction of sp³-hybridized carbons (Fsp3) is 0.857. The summed E-state index contributed by atoms with van der Waals surface area (Å²) in [6.07, 6.45) is -7.28. The molecule has 3 rings (SSSR count). The molecule has 0 aromatic heterocycles. The van der Waals surface area contributed by atoms with Crippen molar-refractivity contribution >= 4 is 11.8 Å². The van der Waals surface area contributed by atoms with Crippen molar-refractivity contribution in [3.8, 4) is 0 Å². The van der Waals surface area contributed by atoms with Crippen LogP contribution in [-0.4, -0.2) is 98.6 Å². The zero-order chi connectivity index (χ0) is 17.5. The van der Waals surface area contributed by atoms with Crippen molar-refractivity contribution in [1.29, 1.82) is 0 Å². The predicted molar refractivity (Wildman–Crippen MR) is 80.7 cm³/mol. The highest BCUT2D eigenvalue weighted by Crippen LogP contribution is 2.45. The molecule has 3 aliphatic heterocycles. The van der Waals surface area contributed by atoms with E-state index >= 15 is 0 Å². The van der Waals surface area contributed by atoms with Crippen LogP contribution >= 0.6 is 11.8 Å². The second kappa shape index (κ2) is 7.06. The lowest BCUT2D eigenvalue weighted by molar-refractivity contribution is -0.317. The van der Waals surface area contributed by atoms with Crippen LogP contribution in [0.25, 0.3) is 0 Å². The molecule has 0 aromatic rings. The Kier molecular flexibility index (Phi) is 5.40. The number of ether oxygens (including phenoxy) is 3. The van der Waals surface area contributed by atoms with E-state index in [1.807, 2.05) is 0 Å². The molecule has 24 heavy (non-hydrogen) atoms. The lowest BCUT2D eigenvalue weighted by Gasteiger charge is -2.49. The summed E-state index contributed by atoms with van der Waals surface area (Å²) in [5.41, 5.74) is 0. The first-order valence-electron chi connectivity index (χ1n) is 7.69.